The number of carbonyl (C=O) groups excluding carboxylic acids is 1. The van der Waals surface area contributed by atoms with E-state index in [1.54, 1.807) is 0 Å². The first kappa shape index (κ1) is 14.7. The van der Waals surface area contributed by atoms with Gasteiger partial charge in [-0.3, -0.25) is 0 Å². The average Bonchev–Trinajstić information content (AvgIpc) is 2.81. The van der Waals surface area contributed by atoms with Crippen LogP contribution in [0.3, 0.4) is 0 Å². The number of amides is 2. The molecular formula is C11H20N2O5. The van der Waals surface area contributed by atoms with E-state index in [4.69, 9.17) is 14.6 Å². The molecule has 3 N–H and O–H groups in total. The Kier molecular flexibility index (Phi) is 6.45. The van der Waals surface area contributed by atoms with Crippen LogP contribution in [0.25, 0.3) is 0 Å². The number of hydrogen-bond donors (Lipinski definition) is 3. The third-order valence-electron chi connectivity index (χ3n) is 2.71. The van der Waals surface area contributed by atoms with Crippen molar-refractivity contribution in [3.05, 3.63) is 0 Å². The van der Waals surface area contributed by atoms with E-state index in [1.165, 1.54) is 7.11 Å². The maximum Gasteiger partial charge on any atom is 0.328 e. The van der Waals surface area contributed by atoms with Crippen LogP contribution in [0.2, 0.25) is 0 Å². The maximum absolute atomic E-state index is 11.4. The number of ether oxygens (including phenoxy) is 2. The van der Waals surface area contributed by atoms with E-state index in [1.807, 2.05) is 0 Å². The van der Waals surface area contributed by atoms with Gasteiger partial charge in [0.05, 0.1) is 12.7 Å². The van der Waals surface area contributed by atoms with Crippen molar-refractivity contribution >= 4 is 12.0 Å². The third-order valence-corrected chi connectivity index (χ3v) is 2.71. The van der Waals surface area contributed by atoms with Crippen molar-refractivity contribution in [3.8, 4) is 0 Å². The molecule has 0 aliphatic carbocycles. The molecule has 1 aliphatic rings. The summed E-state index contributed by atoms with van der Waals surface area (Å²) in [6.07, 6.45) is 3.03. The van der Waals surface area contributed by atoms with Crippen LogP contribution >= 0.6 is 0 Å². The van der Waals surface area contributed by atoms with Gasteiger partial charge in [-0.2, -0.15) is 0 Å². The van der Waals surface area contributed by atoms with Gasteiger partial charge in [0.2, 0.25) is 0 Å². The van der Waals surface area contributed by atoms with Gasteiger partial charge in [0.15, 0.2) is 6.04 Å². The second-order valence-corrected chi connectivity index (χ2v) is 4.17. The summed E-state index contributed by atoms with van der Waals surface area (Å²) in [7, 11) is 1.38. The molecule has 0 spiro atoms. The minimum Gasteiger partial charge on any atom is -0.480 e. The molecule has 0 radical (unpaired) electrons. The second-order valence-electron chi connectivity index (χ2n) is 4.17. The molecule has 0 aromatic carbocycles. The minimum absolute atomic E-state index is 0.0610. The summed E-state index contributed by atoms with van der Waals surface area (Å²) < 4.78 is 10.1. The molecule has 0 saturated carbocycles. The standard InChI is InChI=1S/C11H20N2O5/c1-17-7-9(10(14)15)13-11(16)12-5-4-8-3-2-6-18-8/h8-9H,2-7H2,1H3,(H,14,15)(H2,12,13,16). The highest BCUT2D eigenvalue weighted by molar-refractivity contribution is 5.82. The SMILES string of the molecule is COCC(NC(=O)NCCC1CCCO1)C(=O)O. The van der Waals surface area contributed by atoms with Gasteiger partial charge in [-0.15, -0.1) is 0 Å². The second kappa shape index (κ2) is 7.88. The summed E-state index contributed by atoms with van der Waals surface area (Å²) in [5.74, 6) is -1.12. The first-order chi connectivity index (χ1) is 8.63. The lowest BCUT2D eigenvalue weighted by Gasteiger charge is -2.15. The van der Waals surface area contributed by atoms with Crippen LogP contribution in [0.4, 0.5) is 4.79 Å². The minimum atomic E-state index is -1.12. The van der Waals surface area contributed by atoms with Gasteiger partial charge in [0.25, 0.3) is 0 Å². The van der Waals surface area contributed by atoms with E-state index < -0.39 is 18.0 Å². The normalized spacial score (nSPS) is 20.4. The molecule has 7 heteroatoms. The molecular weight excluding hydrogens is 240 g/mol. The van der Waals surface area contributed by atoms with E-state index in [9.17, 15) is 9.59 Å². The van der Waals surface area contributed by atoms with Gasteiger partial charge in [0, 0.05) is 20.3 Å². The molecule has 18 heavy (non-hydrogen) atoms. The van der Waals surface area contributed by atoms with Gasteiger partial charge >= 0.3 is 12.0 Å². The number of aliphatic carboxylic acids is 1. The number of urea groups is 1. The Balaban J connectivity index is 2.16. The summed E-state index contributed by atoms with van der Waals surface area (Å²) in [4.78, 5) is 22.2. The molecule has 104 valence electrons. The number of carboxylic acid groups (broad SMARTS) is 1. The van der Waals surface area contributed by atoms with Crippen molar-refractivity contribution in [1.82, 2.24) is 10.6 Å². The largest absolute Gasteiger partial charge is 0.480 e. The number of carbonyl (C=O) groups is 2. The van der Waals surface area contributed by atoms with Gasteiger partial charge in [0.1, 0.15) is 0 Å². The number of rotatable bonds is 7. The predicted molar refractivity (Wildman–Crippen MR) is 63.4 cm³/mol. The van der Waals surface area contributed by atoms with Gasteiger partial charge in [-0.25, -0.2) is 9.59 Å². The zero-order valence-corrected chi connectivity index (χ0v) is 10.5. The lowest BCUT2D eigenvalue weighted by molar-refractivity contribution is -0.140. The molecule has 2 amide bonds. The highest BCUT2D eigenvalue weighted by Gasteiger charge is 2.20. The van der Waals surface area contributed by atoms with E-state index in [0.29, 0.717) is 6.54 Å². The Morgan fingerprint density at radius 2 is 2.33 bits per heavy atom. The van der Waals surface area contributed by atoms with Crippen LogP contribution in [0, 0.1) is 0 Å². The van der Waals surface area contributed by atoms with Crippen molar-refractivity contribution < 1.29 is 24.2 Å². The Bertz CT molecular complexity index is 279. The molecule has 2 unspecified atom stereocenters. The Morgan fingerprint density at radius 1 is 1.56 bits per heavy atom. The molecule has 1 rings (SSSR count). The predicted octanol–water partition coefficient (Wildman–Crippen LogP) is -0.0457. The van der Waals surface area contributed by atoms with E-state index in [-0.39, 0.29) is 12.7 Å². The summed E-state index contributed by atoms with van der Waals surface area (Å²) >= 11 is 0. The van der Waals surface area contributed by atoms with Crippen molar-refractivity contribution in [1.29, 1.82) is 0 Å². The van der Waals surface area contributed by atoms with Gasteiger partial charge in [-0.05, 0) is 19.3 Å². The maximum atomic E-state index is 11.4. The zero-order valence-electron chi connectivity index (χ0n) is 10.5. The highest BCUT2D eigenvalue weighted by Crippen LogP contribution is 2.14. The molecule has 7 nitrogen and oxygen atoms in total. The van der Waals surface area contributed by atoms with Crippen LogP contribution in [0.15, 0.2) is 0 Å². The van der Waals surface area contributed by atoms with Gasteiger partial charge in [-0.1, -0.05) is 0 Å². The Labute approximate surface area is 106 Å². The fourth-order valence-corrected chi connectivity index (χ4v) is 1.77. The van der Waals surface area contributed by atoms with E-state index in [2.05, 4.69) is 10.6 Å². The summed E-state index contributed by atoms with van der Waals surface area (Å²) in [5.41, 5.74) is 0. The summed E-state index contributed by atoms with van der Waals surface area (Å²) in [6, 6.07) is -1.53. The van der Waals surface area contributed by atoms with Crippen molar-refractivity contribution in [3.63, 3.8) is 0 Å². The quantitative estimate of drug-likeness (QED) is 0.596. The molecule has 1 fully saturated rings. The van der Waals surface area contributed by atoms with Crippen LogP contribution in [0.1, 0.15) is 19.3 Å². The molecule has 0 aromatic heterocycles. The molecule has 2 atom stereocenters. The lowest BCUT2D eigenvalue weighted by atomic mass is 10.2. The van der Waals surface area contributed by atoms with E-state index in [0.717, 1.165) is 25.9 Å². The monoisotopic (exact) mass is 260 g/mol. The Hall–Kier alpha value is -1.34. The number of methoxy groups -OCH3 is 1. The number of carboxylic acids is 1. The molecule has 1 heterocycles. The fourth-order valence-electron chi connectivity index (χ4n) is 1.77. The van der Waals surface area contributed by atoms with E-state index >= 15 is 0 Å². The van der Waals surface area contributed by atoms with Crippen LogP contribution < -0.4 is 10.6 Å². The molecule has 1 saturated heterocycles. The summed E-state index contributed by atoms with van der Waals surface area (Å²) in [5, 5.41) is 13.7. The number of hydrogen-bond acceptors (Lipinski definition) is 4. The van der Waals surface area contributed by atoms with Gasteiger partial charge < -0.3 is 25.2 Å². The fraction of sp³-hybridized carbons (Fsp3) is 0.818. The average molecular weight is 260 g/mol. The lowest BCUT2D eigenvalue weighted by Crippen LogP contribution is -2.48. The van der Waals surface area contributed by atoms with Crippen LogP contribution in [0.5, 0.6) is 0 Å². The summed E-state index contributed by atoms with van der Waals surface area (Å²) in [6.45, 7) is 1.19. The topological polar surface area (TPSA) is 96.9 Å². The smallest absolute Gasteiger partial charge is 0.328 e. The first-order valence-electron chi connectivity index (χ1n) is 6.01. The van der Waals surface area contributed by atoms with Crippen LogP contribution in [-0.4, -0.2) is 56.1 Å². The zero-order chi connectivity index (χ0) is 13.4. The number of nitrogens with one attached hydrogen (secondary N) is 2. The first-order valence-corrected chi connectivity index (χ1v) is 6.01. The molecule has 0 bridgehead atoms. The highest BCUT2D eigenvalue weighted by atomic mass is 16.5. The van der Waals surface area contributed by atoms with Crippen molar-refractivity contribution in [2.24, 2.45) is 0 Å². The van der Waals surface area contributed by atoms with Crippen LogP contribution in [-0.2, 0) is 14.3 Å². The van der Waals surface area contributed by atoms with Crippen molar-refractivity contribution in [2.45, 2.75) is 31.4 Å². The molecule has 1 aliphatic heterocycles. The third kappa shape index (κ3) is 5.33. The Morgan fingerprint density at radius 3 is 2.89 bits per heavy atom. The van der Waals surface area contributed by atoms with Crippen molar-refractivity contribution in [2.75, 3.05) is 26.9 Å². The molecule has 0 aromatic rings.